The van der Waals surface area contributed by atoms with Gasteiger partial charge in [-0.3, -0.25) is 0 Å². The maximum absolute atomic E-state index is 2.49. The van der Waals surface area contributed by atoms with Gasteiger partial charge in [0.05, 0.1) is 11.4 Å². The highest BCUT2D eigenvalue weighted by Gasteiger charge is 2.25. The molecule has 15 rings (SSSR count). The molecule has 2 nitrogen and oxygen atoms in total. The van der Waals surface area contributed by atoms with Crippen LogP contribution in [0.15, 0.2) is 315 Å². The van der Waals surface area contributed by atoms with E-state index in [0.29, 0.717) is 0 Å². The normalized spacial score (nSPS) is 11.5. The van der Waals surface area contributed by atoms with Crippen molar-refractivity contribution in [3.8, 4) is 44.5 Å². The van der Waals surface area contributed by atoms with Gasteiger partial charge in [0.15, 0.2) is 0 Å². The van der Waals surface area contributed by atoms with Crippen molar-refractivity contribution < 1.29 is 0 Å². The highest BCUT2D eigenvalue weighted by molar-refractivity contribution is 6.33. The summed E-state index contributed by atoms with van der Waals surface area (Å²) in [4.78, 5) is 4.94. The summed E-state index contributed by atoms with van der Waals surface area (Å²) < 4.78 is 0. The fraction of sp³-hybridized carbons (Fsp3) is 0. The van der Waals surface area contributed by atoms with Gasteiger partial charge in [-0.25, -0.2) is 0 Å². The van der Waals surface area contributed by atoms with Crippen molar-refractivity contribution in [2.75, 3.05) is 9.80 Å². The topological polar surface area (TPSA) is 6.48 Å². The molecule has 0 bridgehead atoms. The van der Waals surface area contributed by atoms with Gasteiger partial charge >= 0.3 is 0 Å². The first-order valence-electron chi connectivity index (χ1n) is 27.6. The van der Waals surface area contributed by atoms with E-state index in [0.717, 1.165) is 34.1 Å². The second-order valence-corrected chi connectivity index (χ2v) is 20.7. The molecule has 0 spiro atoms. The third-order valence-electron chi connectivity index (χ3n) is 16.2. The van der Waals surface area contributed by atoms with Gasteiger partial charge in [-0.15, -0.1) is 0 Å². The van der Waals surface area contributed by atoms with E-state index in [1.54, 1.807) is 0 Å². The van der Waals surface area contributed by atoms with Crippen molar-refractivity contribution in [1.82, 2.24) is 0 Å². The van der Waals surface area contributed by atoms with Crippen LogP contribution in [0.1, 0.15) is 0 Å². The number of nitrogens with zero attached hydrogens (tertiary/aromatic N) is 2. The van der Waals surface area contributed by atoms with Gasteiger partial charge in [0.25, 0.3) is 0 Å². The van der Waals surface area contributed by atoms with Gasteiger partial charge < -0.3 is 9.80 Å². The second kappa shape index (κ2) is 19.8. The lowest BCUT2D eigenvalue weighted by molar-refractivity contribution is 1.29. The molecule has 0 heterocycles. The van der Waals surface area contributed by atoms with Crippen LogP contribution in [0.3, 0.4) is 0 Å². The zero-order valence-corrected chi connectivity index (χ0v) is 43.9. The van der Waals surface area contributed by atoms with E-state index in [1.165, 1.54) is 109 Å². The standard InChI is InChI=1S/C78H52N2/c1-7-25-53(26-8-1)61-41-23-42-62(54-27-9-2-10-28-54)77(61)79(57-33-15-5-16-34-57)59-45-47-69-71(49-59)65-37-19-21-39-67(65)73-52-76-70-48-46-60(50-72(70)66-38-20-22-40-68(66)74(76)51-75(69)73)80(58-35-17-6-18-36-58)78-63(55-29-11-3-12-30-55)43-24-44-64(78)56-31-13-4-14-32-56/h1-52H. The monoisotopic (exact) mass is 1020 g/mol. The number of hydrogen-bond acceptors (Lipinski definition) is 2. The molecule has 0 atom stereocenters. The predicted octanol–water partition coefficient (Wildman–Crippen LogP) is 22.2. The molecular formula is C78H52N2. The van der Waals surface area contributed by atoms with Crippen LogP contribution < -0.4 is 9.80 Å². The minimum atomic E-state index is 1.09. The highest BCUT2D eigenvalue weighted by atomic mass is 15.2. The summed E-state index contributed by atoms with van der Waals surface area (Å²) in [5, 5.41) is 14.7. The lowest BCUT2D eigenvalue weighted by atomic mass is 9.88. The van der Waals surface area contributed by atoms with Crippen LogP contribution in [0.5, 0.6) is 0 Å². The molecule has 15 aromatic carbocycles. The molecule has 0 saturated carbocycles. The van der Waals surface area contributed by atoms with Crippen LogP contribution in [0.2, 0.25) is 0 Å². The largest absolute Gasteiger partial charge is 0.309 e. The molecule has 80 heavy (non-hydrogen) atoms. The van der Waals surface area contributed by atoms with Gasteiger partial charge in [0, 0.05) is 45.0 Å². The average molecular weight is 1020 g/mol. The number of fused-ring (bicyclic) bond motifs is 12. The summed E-state index contributed by atoms with van der Waals surface area (Å²) in [6.07, 6.45) is 0. The molecule has 0 fully saturated rings. The summed E-state index contributed by atoms with van der Waals surface area (Å²) in [5.74, 6) is 0. The van der Waals surface area contributed by atoms with Crippen molar-refractivity contribution in [3.05, 3.63) is 315 Å². The molecule has 0 radical (unpaired) electrons. The van der Waals surface area contributed by atoms with E-state index in [2.05, 4.69) is 325 Å². The Kier molecular flexibility index (Phi) is 11.6. The molecule has 0 amide bonds. The molecule has 0 aromatic heterocycles. The maximum Gasteiger partial charge on any atom is 0.0618 e. The Morgan fingerprint density at radius 2 is 0.388 bits per heavy atom. The van der Waals surface area contributed by atoms with Crippen LogP contribution >= 0.6 is 0 Å². The number of hydrogen-bond donors (Lipinski definition) is 0. The Balaban J connectivity index is 0.965. The summed E-state index contributed by atoms with van der Waals surface area (Å²) in [5.41, 5.74) is 16.0. The molecule has 2 heteroatoms. The molecule has 374 valence electrons. The second-order valence-electron chi connectivity index (χ2n) is 20.7. The number of para-hydroxylation sites is 4. The van der Waals surface area contributed by atoms with E-state index in [4.69, 9.17) is 0 Å². The third kappa shape index (κ3) is 7.96. The van der Waals surface area contributed by atoms with Crippen molar-refractivity contribution in [2.45, 2.75) is 0 Å². The Bertz CT molecular complexity index is 4370. The molecule has 0 saturated heterocycles. The molecule has 0 unspecified atom stereocenters. The van der Waals surface area contributed by atoms with Gasteiger partial charge in [-0.2, -0.15) is 0 Å². The average Bonchev–Trinajstić information content (AvgIpc) is 3.58. The van der Waals surface area contributed by atoms with Crippen LogP contribution in [0.25, 0.3) is 109 Å². The molecule has 0 aliphatic heterocycles. The zero-order chi connectivity index (χ0) is 52.9. The first kappa shape index (κ1) is 46.7. The number of benzene rings is 15. The third-order valence-corrected chi connectivity index (χ3v) is 16.2. The molecule has 0 aliphatic carbocycles. The lowest BCUT2D eigenvalue weighted by Crippen LogP contribution is -2.12. The quantitative estimate of drug-likeness (QED) is 0.0995. The van der Waals surface area contributed by atoms with Gasteiger partial charge in [-0.05, 0) is 148 Å². The SMILES string of the molecule is c1ccc(-c2cccc(-c3ccccc3)c2N(c2ccccc2)c2ccc3c(c2)c2ccccc2c2cc4c5ccc(N(c6ccccc6)c6c(-c7ccccc7)cccc6-c6ccccc6)cc5c5ccccc5c4cc32)cc1. The van der Waals surface area contributed by atoms with Gasteiger partial charge in [0.1, 0.15) is 0 Å². The van der Waals surface area contributed by atoms with Crippen LogP contribution in [0, 0.1) is 0 Å². The van der Waals surface area contributed by atoms with Crippen molar-refractivity contribution in [3.63, 3.8) is 0 Å². The van der Waals surface area contributed by atoms with Crippen LogP contribution in [0.4, 0.5) is 34.1 Å². The Labute approximate surface area is 465 Å². The zero-order valence-electron chi connectivity index (χ0n) is 43.9. The first-order valence-corrected chi connectivity index (χ1v) is 27.6. The molecular weight excluding hydrogens is 965 g/mol. The van der Waals surface area contributed by atoms with Gasteiger partial charge in [-0.1, -0.05) is 255 Å². The van der Waals surface area contributed by atoms with Crippen LogP contribution in [-0.4, -0.2) is 0 Å². The van der Waals surface area contributed by atoms with E-state index >= 15 is 0 Å². The Morgan fingerprint density at radius 3 is 0.675 bits per heavy atom. The van der Waals surface area contributed by atoms with Crippen molar-refractivity contribution in [1.29, 1.82) is 0 Å². The maximum atomic E-state index is 2.49. The van der Waals surface area contributed by atoms with Gasteiger partial charge in [0.2, 0.25) is 0 Å². The minimum absolute atomic E-state index is 1.09. The fourth-order valence-corrected chi connectivity index (χ4v) is 12.6. The minimum Gasteiger partial charge on any atom is -0.309 e. The summed E-state index contributed by atoms with van der Waals surface area (Å²) in [7, 11) is 0. The van der Waals surface area contributed by atoms with E-state index < -0.39 is 0 Å². The summed E-state index contributed by atoms with van der Waals surface area (Å²) in [6.45, 7) is 0. The smallest absolute Gasteiger partial charge is 0.0618 e. The van der Waals surface area contributed by atoms with Crippen molar-refractivity contribution in [2.24, 2.45) is 0 Å². The predicted molar refractivity (Wildman–Crippen MR) is 343 cm³/mol. The van der Waals surface area contributed by atoms with E-state index in [9.17, 15) is 0 Å². The Morgan fingerprint density at radius 1 is 0.150 bits per heavy atom. The first-order chi connectivity index (χ1) is 39.7. The summed E-state index contributed by atoms with van der Waals surface area (Å²) in [6, 6.07) is 116. The summed E-state index contributed by atoms with van der Waals surface area (Å²) >= 11 is 0. The van der Waals surface area contributed by atoms with Crippen LogP contribution in [-0.2, 0) is 0 Å². The van der Waals surface area contributed by atoms with Crippen molar-refractivity contribution >= 4 is 98.8 Å². The van der Waals surface area contributed by atoms with E-state index in [-0.39, 0.29) is 0 Å². The number of anilines is 6. The fourth-order valence-electron chi connectivity index (χ4n) is 12.6. The van der Waals surface area contributed by atoms with E-state index in [1.807, 2.05) is 0 Å². The molecule has 0 N–H and O–H groups in total. The Hall–Kier alpha value is -10.5. The molecule has 0 aliphatic rings. The lowest BCUT2D eigenvalue weighted by Gasteiger charge is -2.31. The molecule has 15 aromatic rings. The number of rotatable bonds is 10. The highest BCUT2D eigenvalue weighted by Crippen LogP contribution is 2.51.